The van der Waals surface area contributed by atoms with E-state index >= 15 is 0 Å². The summed E-state index contributed by atoms with van der Waals surface area (Å²) in [7, 11) is 0. The first kappa shape index (κ1) is 21.2. The molecule has 0 unspecified atom stereocenters. The zero-order valence-corrected chi connectivity index (χ0v) is 18.2. The van der Waals surface area contributed by atoms with Gasteiger partial charge in [-0.15, -0.1) is 0 Å². The summed E-state index contributed by atoms with van der Waals surface area (Å²) in [5.41, 5.74) is 2.05. The summed E-state index contributed by atoms with van der Waals surface area (Å²) >= 11 is 0. The maximum Gasteiger partial charge on any atom is 0.308 e. The van der Waals surface area contributed by atoms with Crippen molar-refractivity contribution in [2.75, 3.05) is 11.9 Å². The minimum atomic E-state index is -0.994. The van der Waals surface area contributed by atoms with Crippen LogP contribution in [0.25, 0.3) is 17.0 Å². The van der Waals surface area contributed by atoms with Crippen LogP contribution in [0.2, 0.25) is 0 Å². The van der Waals surface area contributed by atoms with Crippen LogP contribution < -0.4 is 5.32 Å². The fraction of sp³-hybridized carbons (Fsp3) is 0.478. The molecule has 4 rings (SSSR count). The second-order valence-corrected chi connectivity index (χ2v) is 8.53. The molecule has 8 nitrogen and oxygen atoms in total. The van der Waals surface area contributed by atoms with Gasteiger partial charge in [0.1, 0.15) is 5.65 Å². The predicted octanol–water partition coefficient (Wildman–Crippen LogP) is 3.55. The number of ether oxygens (including phenoxy) is 1. The van der Waals surface area contributed by atoms with Crippen molar-refractivity contribution in [3.05, 3.63) is 42.4 Å². The number of imidazole rings is 1. The average molecular weight is 424 g/mol. The van der Waals surface area contributed by atoms with E-state index in [-0.39, 0.29) is 17.9 Å². The number of esters is 1. The molecule has 0 bridgehead atoms. The number of aromatic nitrogens is 4. The third kappa shape index (κ3) is 4.54. The number of pyridine rings is 1. The van der Waals surface area contributed by atoms with E-state index < -0.39 is 5.60 Å². The van der Waals surface area contributed by atoms with Crippen LogP contribution in [0, 0.1) is 5.92 Å². The molecule has 0 radical (unpaired) electrons. The van der Waals surface area contributed by atoms with Crippen molar-refractivity contribution in [3.8, 4) is 11.4 Å². The number of aliphatic hydroxyl groups is 1. The SMILES string of the molecule is CCOC(=O)C1CCC(Nc2nccc(-c3cnc4c(C(C)(C)O)cccn34)n2)CC1. The third-order valence-corrected chi connectivity index (χ3v) is 5.79. The van der Waals surface area contributed by atoms with Gasteiger partial charge >= 0.3 is 5.97 Å². The van der Waals surface area contributed by atoms with Crippen LogP contribution in [-0.4, -0.2) is 43.1 Å². The molecule has 1 aliphatic carbocycles. The minimum absolute atomic E-state index is 0.00613. The third-order valence-electron chi connectivity index (χ3n) is 5.79. The van der Waals surface area contributed by atoms with E-state index in [2.05, 4.69) is 15.3 Å². The molecule has 1 aliphatic rings. The highest BCUT2D eigenvalue weighted by molar-refractivity contribution is 5.72. The van der Waals surface area contributed by atoms with Gasteiger partial charge < -0.3 is 15.2 Å². The fourth-order valence-corrected chi connectivity index (χ4v) is 4.16. The summed E-state index contributed by atoms with van der Waals surface area (Å²) in [5, 5.41) is 13.9. The zero-order chi connectivity index (χ0) is 22.0. The Bertz CT molecular complexity index is 1060. The molecule has 0 amide bonds. The number of anilines is 1. The lowest BCUT2D eigenvalue weighted by molar-refractivity contribution is -0.149. The Kier molecular flexibility index (Phi) is 5.91. The number of carbonyl (C=O) groups is 1. The summed E-state index contributed by atoms with van der Waals surface area (Å²) in [6.45, 7) is 5.77. The molecule has 3 heterocycles. The van der Waals surface area contributed by atoms with E-state index in [9.17, 15) is 9.90 Å². The topological polar surface area (TPSA) is 102 Å². The van der Waals surface area contributed by atoms with Crippen LogP contribution >= 0.6 is 0 Å². The highest BCUT2D eigenvalue weighted by Crippen LogP contribution is 2.29. The predicted molar refractivity (Wildman–Crippen MR) is 117 cm³/mol. The standard InChI is InChI=1S/C23H29N5O3/c1-4-31-21(29)15-7-9-16(10-8-15)26-22-24-12-11-18(27-22)19-14-25-20-17(23(2,3)30)6-5-13-28(19)20/h5-6,11-16,30H,4,7-10H2,1-3H3,(H,24,26,27). The van der Waals surface area contributed by atoms with Gasteiger partial charge in [-0.3, -0.25) is 9.20 Å². The van der Waals surface area contributed by atoms with E-state index in [1.165, 1.54) is 0 Å². The smallest absolute Gasteiger partial charge is 0.308 e. The van der Waals surface area contributed by atoms with Gasteiger partial charge in [0, 0.05) is 24.0 Å². The van der Waals surface area contributed by atoms with Gasteiger partial charge in [0.15, 0.2) is 0 Å². The molecule has 31 heavy (non-hydrogen) atoms. The van der Waals surface area contributed by atoms with E-state index in [1.807, 2.05) is 35.7 Å². The van der Waals surface area contributed by atoms with Crippen molar-refractivity contribution >= 4 is 17.6 Å². The Labute approximate surface area is 181 Å². The molecule has 0 atom stereocenters. The maximum atomic E-state index is 11.9. The lowest BCUT2D eigenvalue weighted by Crippen LogP contribution is -2.30. The molecule has 3 aromatic rings. The Morgan fingerprint density at radius 3 is 2.74 bits per heavy atom. The van der Waals surface area contributed by atoms with Gasteiger partial charge in [-0.25, -0.2) is 15.0 Å². The van der Waals surface area contributed by atoms with Gasteiger partial charge in [-0.05, 0) is 58.6 Å². The second kappa shape index (κ2) is 8.63. The monoisotopic (exact) mass is 423 g/mol. The zero-order valence-electron chi connectivity index (χ0n) is 18.2. The lowest BCUT2D eigenvalue weighted by Gasteiger charge is -2.27. The summed E-state index contributed by atoms with van der Waals surface area (Å²) in [4.78, 5) is 25.5. The van der Waals surface area contributed by atoms with Crippen molar-refractivity contribution in [1.29, 1.82) is 0 Å². The fourth-order valence-electron chi connectivity index (χ4n) is 4.16. The summed E-state index contributed by atoms with van der Waals surface area (Å²) in [6.07, 6.45) is 8.78. The molecule has 1 fully saturated rings. The molecule has 0 aliphatic heterocycles. The Balaban J connectivity index is 1.51. The van der Waals surface area contributed by atoms with Crippen LogP contribution in [0.1, 0.15) is 52.0 Å². The molecule has 0 saturated heterocycles. The number of hydrogen-bond acceptors (Lipinski definition) is 7. The van der Waals surface area contributed by atoms with Gasteiger partial charge in [-0.2, -0.15) is 0 Å². The quantitative estimate of drug-likeness (QED) is 0.585. The van der Waals surface area contributed by atoms with E-state index in [0.717, 1.165) is 42.6 Å². The maximum absolute atomic E-state index is 11.9. The van der Waals surface area contributed by atoms with Crippen molar-refractivity contribution in [2.45, 2.75) is 58.1 Å². The second-order valence-electron chi connectivity index (χ2n) is 8.53. The molecule has 2 N–H and O–H groups in total. The average Bonchev–Trinajstić information content (AvgIpc) is 3.18. The Morgan fingerprint density at radius 1 is 1.26 bits per heavy atom. The van der Waals surface area contributed by atoms with Crippen LogP contribution in [-0.2, 0) is 15.1 Å². The molecular weight excluding hydrogens is 394 g/mol. The molecule has 0 aromatic carbocycles. The number of hydrogen-bond donors (Lipinski definition) is 2. The summed E-state index contributed by atoms with van der Waals surface area (Å²) < 4.78 is 7.08. The molecule has 1 saturated carbocycles. The van der Waals surface area contributed by atoms with Crippen molar-refractivity contribution in [1.82, 2.24) is 19.4 Å². The highest BCUT2D eigenvalue weighted by Gasteiger charge is 2.27. The van der Waals surface area contributed by atoms with Gasteiger partial charge in [0.25, 0.3) is 0 Å². The number of nitrogens with one attached hydrogen (secondary N) is 1. The van der Waals surface area contributed by atoms with E-state index in [4.69, 9.17) is 9.72 Å². The normalized spacial score (nSPS) is 19.4. The van der Waals surface area contributed by atoms with Crippen LogP contribution in [0.15, 0.2) is 36.8 Å². The number of rotatable bonds is 6. The van der Waals surface area contributed by atoms with E-state index in [1.54, 1.807) is 26.2 Å². The van der Waals surface area contributed by atoms with Gasteiger partial charge in [0.05, 0.1) is 35.7 Å². The first-order valence-electron chi connectivity index (χ1n) is 10.8. The van der Waals surface area contributed by atoms with Crippen molar-refractivity contribution in [3.63, 3.8) is 0 Å². The molecule has 0 spiro atoms. The van der Waals surface area contributed by atoms with Crippen molar-refractivity contribution in [2.24, 2.45) is 5.92 Å². The first-order chi connectivity index (χ1) is 14.9. The van der Waals surface area contributed by atoms with Crippen LogP contribution in [0.4, 0.5) is 5.95 Å². The molecular formula is C23H29N5O3. The Morgan fingerprint density at radius 2 is 2.03 bits per heavy atom. The molecule has 8 heteroatoms. The number of nitrogens with zero attached hydrogens (tertiary/aromatic N) is 4. The van der Waals surface area contributed by atoms with E-state index in [0.29, 0.717) is 18.2 Å². The number of carbonyl (C=O) groups excluding carboxylic acids is 1. The highest BCUT2D eigenvalue weighted by atomic mass is 16.5. The van der Waals surface area contributed by atoms with Gasteiger partial charge in [-0.1, -0.05) is 6.07 Å². The summed E-state index contributed by atoms with van der Waals surface area (Å²) in [5.74, 6) is 0.469. The Hall–Kier alpha value is -3.00. The van der Waals surface area contributed by atoms with Crippen LogP contribution in [0.5, 0.6) is 0 Å². The van der Waals surface area contributed by atoms with Gasteiger partial charge in [0.2, 0.25) is 5.95 Å². The summed E-state index contributed by atoms with van der Waals surface area (Å²) in [6, 6.07) is 5.85. The first-order valence-corrected chi connectivity index (χ1v) is 10.8. The molecule has 3 aromatic heterocycles. The largest absolute Gasteiger partial charge is 0.466 e. The molecule has 164 valence electrons. The van der Waals surface area contributed by atoms with Crippen LogP contribution in [0.3, 0.4) is 0 Å². The lowest BCUT2D eigenvalue weighted by atomic mass is 9.86. The minimum Gasteiger partial charge on any atom is -0.466 e. The number of fused-ring (bicyclic) bond motifs is 1. The van der Waals surface area contributed by atoms with Crippen molar-refractivity contribution < 1.29 is 14.6 Å².